The summed E-state index contributed by atoms with van der Waals surface area (Å²) in [6, 6.07) is 12.0. The summed E-state index contributed by atoms with van der Waals surface area (Å²) in [5.74, 6) is -2.27. The number of benzene rings is 2. The van der Waals surface area contributed by atoms with E-state index < -0.39 is 32.2 Å². The molecule has 0 aromatic heterocycles. The molecule has 2 aromatic carbocycles. The minimum absolute atomic E-state index is 0.153. The van der Waals surface area contributed by atoms with Crippen molar-refractivity contribution in [2.75, 3.05) is 13.7 Å². The molecule has 24 heavy (non-hydrogen) atoms. The molecule has 2 rings (SSSR count). The van der Waals surface area contributed by atoms with E-state index in [0.29, 0.717) is 6.42 Å². The molecule has 0 bridgehead atoms. The fourth-order valence-corrected chi connectivity index (χ4v) is 3.75. The van der Waals surface area contributed by atoms with E-state index in [1.807, 2.05) is 37.3 Å². The van der Waals surface area contributed by atoms with Gasteiger partial charge in [0.15, 0.2) is 4.90 Å². The molecule has 0 aliphatic heterocycles. The average Bonchev–Trinajstić information content (AvgIpc) is 2.57. The number of hydrogen-bond acceptors (Lipinski definition) is 3. The van der Waals surface area contributed by atoms with Gasteiger partial charge in [0.05, 0.1) is 0 Å². The van der Waals surface area contributed by atoms with Gasteiger partial charge in [-0.3, -0.25) is 0 Å². The summed E-state index contributed by atoms with van der Waals surface area (Å²) in [6.45, 7) is 1.69. The molecular formula is C17H19F2NO3S. The topological polar surface area (TPSA) is 55.4 Å². The van der Waals surface area contributed by atoms with Gasteiger partial charge < -0.3 is 4.74 Å². The van der Waals surface area contributed by atoms with Crippen LogP contribution >= 0.6 is 0 Å². The Balaban J connectivity index is 2.33. The Morgan fingerprint density at radius 2 is 1.62 bits per heavy atom. The molecule has 4 nitrogen and oxygen atoms in total. The first kappa shape index (κ1) is 18.5. The highest BCUT2D eigenvalue weighted by Crippen LogP contribution is 2.29. The van der Waals surface area contributed by atoms with Gasteiger partial charge in [0.2, 0.25) is 10.0 Å². The van der Waals surface area contributed by atoms with Crippen LogP contribution in [0.4, 0.5) is 8.78 Å². The Morgan fingerprint density at radius 1 is 1.04 bits per heavy atom. The molecule has 0 saturated heterocycles. The third-order valence-electron chi connectivity index (χ3n) is 4.00. The first-order valence-corrected chi connectivity index (χ1v) is 8.89. The van der Waals surface area contributed by atoms with E-state index in [0.717, 1.165) is 23.8 Å². The van der Waals surface area contributed by atoms with Crippen molar-refractivity contribution in [3.05, 3.63) is 65.7 Å². The second kappa shape index (κ2) is 7.38. The van der Waals surface area contributed by atoms with E-state index in [4.69, 9.17) is 4.74 Å². The minimum atomic E-state index is -4.36. The summed E-state index contributed by atoms with van der Waals surface area (Å²) in [7, 11) is -2.90. The molecule has 1 atom stereocenters. The molecule has 0 aliphatic carbocycles. The van der Waals surface area contributed by atoms with E-state index in [1.165, 1.54) is 7.11 Å². The first-order chi connectivity index (χ1) is 11.4. The van der Waals surface area contributed by atoms with E-state index in [9.17, 15) is 17.2 Å². The zero-order valence-corrected chi connectivity index (χ0v) is 14.2. The molecule has 1 N–H and O–H groups in total. The lowest BCUT2D eigenvalue weighted by Crippen LogP contribution is -2.42. The van der Waals surface area contributed by atoms with Crippen LogP contribution in [0.25, 0.3) is 0 Å². The Hall–Kier alpha value is -1.83. The third kappa shape index (κ3) is 3.63. The summed E-state index contributed by atoms with van der Waals surface area (Å²) in [5, 5.41) is 0. The summed E-state index contributed by atoms with van der Waals surface area (Å²) in [5.41, 5.74) is -0.164. The third-order valence-corrected chi connectivity index (χ3v) is 5.45. The van der Waals surface area contributed by atoms with E-state index in [1.54, 1.807) is 0 Å². The number of nitrogens with one attached hydrogen (secondary N) is 1. The Labute approximate surface area is 140 Å². The number of ether oxygens (including phenoxy) is 1. The Morgan fingerprint density at radius 3 is 2.12 bits per heavy atom. The highest BCUT2D eigenvalue weighted by atomic mass is 32.2. The molecule has 1 unspecified atom stereocenters. The summed E-state index contributed by atoms with van der Waals surface area (Å²) >= 11 is 0. The average molecular weight is 355 g/mol. The maximum atomic E-state index is 13.8. The SMILES string of the molecule is CCC(CNS(=O)(=O)c1c(F)cccc1F)(OC)c1ccccc1. The van der Waals surface area contributed by atoms with Crippen LogP contribution in [-0.2, 0) is 20.4 Å². The number of rotatable bonds is 7. The zero-order valence-electron chi connectivity index (χ0n) is 13.4. The number of methoxy groups -OCH3 is 1. The van der Waals surface area contributed by atoms with Crippen molar-refractivity contribution in [2.45, 2.75) is 23.8 Å². The molecule has 0 spiro atoms. The van der Waals surface area contributed by atoms with Crippen molar-refractivity contribution in [2.24, 2.45) is 0 Å². The molecule has 0 aliphatic rings. The van der Waals surface area contributed by atoms with Crippen molar-refractivity contribution < 1.29 is 21.9 Å². The molecule has 2 aromatic rings. The lowest BCUT2D eigenvalue weighted by Gasteiger charge is -2.32. The molecular weight excluding hydrogens is 336 g/mol. The van der Waals surface area contributed by atoms with Crippen LogP contribution in [-0.4, -0.2) is 22.1 Å². The maximum Gasteiger partial charge on any atom is 0.246 e. The second-order valence-electron chi connectivity index (χ2n) is 5.29. The number of hydrogen-bond donors (Lipinski definition) is 1. The molecule has 0 radical (unpaired) electrons. The highest BCUT2D eigenvalue weighted by molar-refractivity contribution is 7.89. The fourth-order valence-electron chi connectivity index (χ4n) is 2.53. The zero-order chi connectivity index (χ0) is 17.8. The van der Waals surface area contributed by atoms with Gasteiger partial charge in [-0.15, -0.1) is 0 Å². The predicted octanol–water partition coefficient (Wildman–Crippen LogP) is 3.20. The van der Waals surface area contributed by atoms with Gasteiger partial charge in [-0.25, -0.2) is 21.9 Å². The van der Waals surface area contributed by atoms with Crippen molar-refractivity contribution in [3.63, 3.8) is 0 Å². The number of halogens is 2. The van der Waals surface area contributed by atoms with E-state index in [2.05, 4.69) is 4.72 Å². The molecule has 0 heterocycles. The fraction of sp³-hybridized carbons (Fsp3) is 0.294. The predicted molar refractivity (Wildman–Crippen MR) is 87.0 cm³/mol. The smallest absolute Gasteiger partial charge is 0.246 e. The molecule has 130 valence electrons. The second-order valence-corrected chi connectivity index (χ2v) is 7.00. The Kier molecular flexibility index (Phi) is 5.69. The lowest BCUT2D eigenvalue weighted by molar-refractivity contribution is -0.0133. The molecule has 0 fully saturated rings. The van der Waals surface area contributed by atoms with Gasteiger partial charge in [-0.05, 0) is 24.1 Å². The summed E-state index contributed by atoms with van der Waals surface area (Å²) < 4.78 is 60.0. The number of sulfonamides is 1. The molecule has 7 heteroatoms. The van der Waals surface area contributed by atoms with Crippen LogP contribution in [0.2, 0.25) is 0 Å². The summed E-state index contributed by atoms with van der Waals surface area (Å²) in [6.07, 6.45) is 0.468. The molecule has 0 saturated carbocycles. The quantitative estimate of drug-likeness (QED) is 0.830. The molecule has 0 amide bonds. The van der Waals surface area contributed by atoms with Crippen LogP contribution < -0.4 is 4.72 Å². The van der Waals surface area contributed by atoms with Gasteiger partial charge in [-0.1, -0.05) is 43.3 Å². The van der Waals surface area contributed by atoms with Gasteiger partial charge in [-0.2, -0.15) is 0 Å². The first-order valence-electron chi connectivity index (χ1n) is 7.40. The van der Waals surface area contributed by atoms with Gasteiger partial charge in [0.1, 0.15) is 17.2 Å². The van der Waals surface area contributed by atoms with Crippen molar-refractivity contribution in [3.8, 4) is 0 Å². The normalized spacial score (nSPS) is 14.3. The highest BCUT2D eigenvalue weighted by Gasteiger charge is 2.33. The largest absolute Gasteiger partial charge is 0.372 e. The van der Waals surface area contributed by atoms with Crippen molar-refractivity contribution >= 4 is 10.0 Å². The lowest BCUT2D eigenvalue weighted by atomic mass is 9.91. The van der Waals surface area contributed by atoms with Gasteiger partial charge in [0.25, 0.3) is 0 Å². The van der Waals surface area contributed by atoms with Crippen LogP contribution in [0.3, 0.4) is 0 Å². The van der Waals surface area contributed by atoms with Crippen molar-refractivity contribution in [1.29, 1.82) is 0 Å². The van der Waals surface area contributed by atoms with Gasteiger partial charge >= 0.3 is 0 Å². The standard InChI is InChI=1S/C17H19F2NO3S/c1-3-17(23-2,13-8-5-4-6-9-13)12-20-24(21,22)16-14(18)10-7-11-15(16)19/h4-11,20H,3,12H2,1-2H3. The Bertz CT molecular complexity index is 770. The van der Waals surface area contributed by atoms with Gasteiger partial charge in [0, 0.05) is 13.7 Å². The van der Waals surface area contributed by atoms with Crippen LogP contribution in [0.5, 0.6) is 0 Å². The van der Waals surface area contributed by atoms with E-state index in [-0.39, 0.29) is 6.54 Å². The minimum Gasteiger partial charge on any atom is -0.372 e. The maximum absolute atomic E-state index is 13.8. The summed E-state index contributed by atoms with van der Waals surface area (Å²) in [4.78, 5) is -0.987. The van der Waals surface area contributed by atoms with Crippen LogP contribution in [0, 0.1) is 11.6 Å². The van der Waals surface area contributed by atoms with E-state index >= 15 is 0 Å². The van der Waals surface area contributed by atoms with Crippen LogP contribution in [0.1, 0.15) is 18.9 Å². The van der Waals surface area contributed by atoms with Crippen LogP contribution in [0.15, 0.2) is 53.4 Å². The monoisotopic (exact) mass is 355 g/mol. The van der Waals surface area contributed by atoms with Crippen molar-refractivity contribution in [1.82, 2.24) is 4.72 Å².